The maximum absolute atomic E-state index is 12.5. The lowest BCUT2D eigenvalue weighted by Crippen LogP contribution is -2.56. The van der Waals surface area contributed by atoms with Crippen LogP contribution in [0, 0.1) is 0 Å². The third-order valence-electron chi connectivity index (χ3n) is 6.32. The third kappa shape index (κ3) is 14.3. The van der Waals surface area contributed by atoms with E-state index in [1.54, 1.807) is 0 Å². The number of unbranched alkanes of at least 4 members (excludes halogenated alkanes) is 8. The number of rotatable bonds is 20. The summed E-state index contributed by atoms with van der Waals surface area (Å²) in [6.07, 6.45) is -0.226. The first-order chi connectivity index (χ1) is 18.0. The molecule has 13 heteroatoms. The van der Waals surface area contributed by atoms with Crippen molar-refractivity contribution in [1.29, 1.82) is 0 Å². The molecule has 5 N–H and O–H groups in total. The van der Waals surface area contributed by atoms with E-state index in [-0.39, 0.29) is 12.8 Å². The number of ether oxygens (including phenoxy) is 2. The summed E-state index contributed by atoms with van der Waals surface area (Å²) in [7, 11) is -4.93. The van der Waals surface area contributed by atoms with E-state index in [4.69, 9.17) is 18.5 Å². The number of carbonyl (C=O) groups excluding carboxylic acids is 2. The number of esters is 2. The largest absolute Gasteiger partial charge is 0.472 e. The molecule has 1 fully saturated rings. The van der Waals surface area contributed by atoms with E-state index >= 15 is 0 Å². The fourth-order valence-electron chi connectivity index (χ4n) is 4.03. The summed E-state index contributed by atoms with van der Waals surface area (Å²) in [5, 5.41) is 39.4. The predicted octanol–water partition coefficient (Wildman–Crippen LogP) is 2.51. The van der Waals surface area contributed by atoms with Gasteiger partial charge < -0.3 is 34.8 Å². The van der Waals surface area contributed by atoms with Gasteiger partial charge in [-0.3, -0.25) is 18.6 Å². The van der Waals surface area contributed by atoms with Crippen LogP contribution >= 0.6 is 7.82 Å². The lowest BCUT2D eigenvalue weighted by atomic mass is 9.87. The van der Waals surface area contributed by atoms with Crippen LogP contribution in [-0.2, 0) is 32.7 Å². The van der Waals surface area contributed by atoms with Crippen LogP contribution in [0.1, 0.15) is 97.3 Å². The Hall–Kier alpha value is -1.11. The first kappa shape index (κ1) is 34.9. The van der Waals surface area contributed by atoms with Crippen molar-refractivity contribution in [2.24, 2.45) is 0 Å². The van der Waals surface area contributed by atoms with Crippen molar-refractivity contribution >= 4 is 19.8 Å². The molecule has 0 heterocycles. The monoisotopic (exact) mass is 570 g/mol. The zero-order valence-corrected chi connectivity index (χ0v) is 23.5. The Morgan fingerprint density at radius 2 is 1.34 bits per heavy atom. The predicted molar refractivity (Wildman–Crippen MR) is 137 cm³/mol. The molecule has 0 aromatic heterocycles. The molecule has 1 unspecified atom stereocenters. The van der Waals surface area contributed by atoms with E-state index in [2.05, 4.69) is 13.8 Å². The van der Waals surface area contributed by atoms with Crippen molar-refractivity contribution in [3.05, 3.63) is 0 Å². The molecule has 1 aliphatic carbocycles. The lowest BCUT2D eigenvalue weighted by Gasteiger charge is -2.38. The van der Waals surface area contributed by atoms with Crippen molar-refractivity contribution in [2.75, 3.05) is 13.2 Å². The molecule has 7 atom stereocenters. The second-order valence-corrected chi connectivity index (χ2v) is 11.2. The minimum absolute atomic E-state index is 0.125. The second kappa shape index (κ2) is 19.0. The van der Waals surface area contributed by atoms with Gasteiger partial charge in [0.15, 0.2) is 6.10 Å². The smallest absolute Gasteiger partial charge is 0.462 e. The maximum Gasteiger partial charge on any atom is 0.472 e. The SMILES string of the molecule is CCCCCCCC(=O)OC[C@H](COP(=O)(O)O[C@@H]1[C@@H](O)[C@H](O)[C@@H](O)C[C@@H]1O)OC(=O)CCCCCCC. The molecule has 0 saturated heterocycles. The molecular weight excluding hydrogens is 523 g/mol. The molecule has 0 amide bonds. The summed E-state index contributed by atoms with van der Waals surface area (Å²) in [6.45, 7) is 3.11. The van der Waals surface area contributed by atoms with Gasteiger partial charge in [-0.25, -0.2) is 4.57 Å². The third-order valence-corrected chi connectivity index (χ3v) is 7.30. The number of aliphatic hydroxyl groups is 4. The zero-order valence-electron chi connectivity index (χ0n) is 22.6. The summed E-state index contributed by atoms with van der Waals surface area (Å²) in [4.78, 5) is 34.5. The van der Waals surface area contributed by atoms with E-state index in [0.717, 1.165) is 51.4 Å². The molecule has 12 nitrogen and oxygen atoms in total. The fraction of sp³-hybridized carbons (Fsp3) is 0.920. The van der Waals surface area contributed by atoms with Crippen LogP contribution in [-0.4, -0.2) is 87.1 Å². The van der Waals surface area contributed by atoms with Gasteiger partial charge >= 0.3 is 19.8 Å². The highest BCUT2D eigenvalue weighted by Crippen LogP contribution is 2.47. The number of hydrogen-bond acceptors (Lipinski definition) is 11. The molecule has 0 radical (unpaired) electrons. The Labute approximate surface area is 225 Å². The van der Waals surface area contributed by atoms with Crippen LogP contribution in [0.15, 0.2) is 0 Å². The molecule has 38 heavy (non-hydrogen) atoms. The molecular formula is C25H47O12P. The maximum atomic E-state index is 12.5. The summed E-state index contributed by atoms with van der Waals surface area (Å²) in [5.41, 5.74) is 0. The highest BCUT2D eigenvalue weighted by Gasteiger charge is 2.46. The summed E-state index contributed by atoms with van der Waals surface area (Å²) >= 11 is 0. The molecule has 0 spiro atoms. The van der Waals surface area contributed by atoms with Gasteiger partial charge in [-0.05, 0) is 12.8 Å². The Morgan fingerprint density at radius 1 is 0.789 bits per heavy atom. The first-order valence-corrected chi connectivity index (χ1v) is 15.2. The molecule has 1 aliphatic rings. The van der Waals surface area contributed by atoms with Gasteiger partial charge in [0.2, 0.25) is 0 Å². The summed E-state index contributed by atoms with van der Waals surface area (Å²) < 4.78 is 32.8. The average Bonchev–Trinajstić information content (AvgIpc) is 2.86. The van der Waals surface area contributed by atoms with Gasteiger partial charge in [0.25, 0.3) is 0 Å². The van der Waals surface area contributed by atoms with Crippen LogP contribution in [0.25, 0.3) is 0 Å². The average molecular weight is 571 g/mol. The van der Waals surface area contributed by atoms with Crippen molar-refractivity contribution in [1.82, 2.24) is 0 Å². The van der Waals surface area contributed by atoms with Gasteiger partial charge in [-0.1, -0.05) is 65.2 Å². The van der Waals surface area contributed by atoms with Crippen molar-refractivity contribution < 1.29 is 58.0 Å². The van der Waals surface area contributed by atoms with Gasteiger partial charge in [0, 0.05) is 19.3 Å². The van der Waals surface area contributed by atoms with Crippen molar-refractivity contribution in [2.45, 2.75) is 134 Å². The number of aliphatic hydroxyl groups excluding tert-OH is 4. The molecule has 1 saturated carbocycles. The first-order valence-electron chi connectivity index (χ1n) is 13.7. The van der Waals surface area contributed by atoms with Crippen LogP contribution in [0.3, 0.4) is 0 Å². The molecule has 224 valence electrons. The Morgan fingerprint density at radius 3 is 1.92 bits per heavy atom. The summed E-state index contributed by atoms with van der Waals surface area (Å²) in [5.74, 6) is -1.07. The highest BCUT2D eigenvalue weighted by atomic mass is 31.2. The number of carbonyl (C=O) groups is 2. The molecule has 1 rings (SSSR count). The zero-order chi connectivity index (χ0) is 28.6. The standard InChI is InChI=1S/C25H47O12P/c1-3-5-7-9-11-13-21(28)34-16-18(36-22(29)14-12-10-8-6-4-2)17-35-38(32,33)37-25-20(27)15-19(26)23(30)24(25)31/h18-20,23-27,30-31H,3-17H2,1-2H3,(H,32,33)/t18-,19+,20+,23-,24+,25+/m1/s1. The van der Waals surface area contributed by atoms with Crippen LogP contribution in [0.2, 0.25) is 0 Å². The highest BCUT2D eigenvalue weighted by molar-refractivity contribution is 7.47. The van der Waals surface area contributed by atoms with Gasteiger partial charge in [-0.15, -0.1) is 0 Å². The Balaban J connectivity index is 2.65. The minimum atomic E-state index is -4.93. The van der Waals surface area contributed by atoms with Gasteiger partial charge in [-0.2, -0.15) is 0 Å². The molecule has 0 aliphatic heterocycles. The van der Waals surface area contributed by atoms with Crippen molar-refractivity contribution in [3.8, 4) is 0 Å². The van der Waals surface area contributed by atoms with E-state index in [1.807, 2.05) is 0 Å². The van der Waals surface area contributed by atoms with E-state index < -0.39 is 76.0 Å². The number of hydrogen-bond donors (Lipinski definition) is 5. The quantitative estimate of drug-likeness (QED) is 0.0818. The molecule has 0 bridgehead atoms. The van der Waals surface area contributed by atoms with Gasteiger partial charge in [0.05, 0.1) is 18.8 Å². The second-order valence-electron chi connectivity index (χ2n) is 9.81. The van der Waals surface area contributed by atoms with Crippen LogP contribution in [0.5, 0.6) is 0 Å². The Bertz CT molecular complexity index is 720. The van der Waals surface area contributed by atoms with E-state index in [0.29, 0.717) is 12.8 Å². The molecule has 0 aromatic rings. The molecule has 0 aromatic carbocycles. The number of phosphoric ester groups is 1. The van der Waals surface area contributed by atoms with Gasteiger partial charge in [0.1, 0.15) is 24.9 Å². The fourth-order valence-corrected chi connectivity index (χ4v) is 5.02. The summed E-state index contributed by atoms with van der Waals surface area (Å²) in [6, 6.07) is 0. The van der Waals surface area contributed by atoms with E-state index in [1.165, 1.54) is 0 Å². The minimum Gasteiger partial charge on any atom is -0.462 e. The number of phosphoric acid groups is 1. The van der Waals surface area contributed by atoms with Crippen LogP contribution < -0.4 is 0 Å². The van der Waals surface area contributed by atoms with E-state index in [9.17, 15) is 39.5 Å². The normalized spacial score (nSPS) is 25.9. The Kier molecular flexibility index (Phi) is 17.5. The van der Waals surface area contributed by atoms with Crippen molar-refractivity contribution in [3.63, 3.8) is 0 Å². The lowest BCUT2D eigenvalue weighted by molar-refractivity contribution is -0.174. The van der Waals surface area contributed by atoms with Crippen LogP contribution in [0.4, 0.5) is 0 Å². The topological polar surface area (TPSA) is 189 Å².